The Morgan fingerprint density at radius 3 is 2.96 bits per heavy atom. The standard InChI is InChI=1S/C20H16N4OS2/c1-13(11-26-12-21)22-19(25)18-17(23-20-24(18)8-9-27-20)16-7-6-14-4-2-3-5-15(14)10-16/h2-10,13H,11H2,1H3,(H,22,25). The van der Waals surface area contributed by atoms with Gasteiger partial charge in [-0.2, -0.15) is 5.26 Å². The van der Waals surface area contributed by atoms with Crippen molar-refractivity contribution in [2.45, 2.75) is 13.0 Å². The molecule has 0 spiro atoms. The Kier molecular flexibility index (Phi) is 4.84. The number of hydrogen-bond acceptors (Lipinski definition) is 5. The molecule has 7 heteroatoms. The molecule has 1 unspecified atom stereocenters. The number of imidazole rings is 1. The maximum atomic E-state index is 13.0. The van der Waals surface area contributed by atoms with Crippen molar-refractivity contribution in [2.75, 3.05) is 5.75 Å². The summed E-state index contributed by atoms with van der Waals surface area (Å²) in [7, 11) is 0. The van der Waals surface area contributed by atoms with Crippen LogP contribution in [0.2, 0.25) is 0 Å². The second kappa shape index (κ2) is 7.43. The van der Waals surface area contributed by atoms with Crippen molar-refractivity contribution in [3.05, 3.63) is 59.7 Å². The molecular weight excluding hydrogens is 376 g/mol. The quantitative estimate of drug-likeness (QED) is 0.506. The van der Waals surface area contributed by atoms with Gasteiger partial charge in [-0.05, 0) is 35.5 Å². The molecule has 1 atom stereocenters. The number of fused-ring (bicyclic) bond motifs is 2. The van der Waals surface area contributed by atoms with Gasteiger partial charge in [0.2, 0.25) is 0 Å². The van der Waals surface area contributed by atoms with Gasteiger partial charge in [0.25, 0.3) is 5.91 Å². The molecule has 4 rings (SSSR count). The number of benzene rings is 2. The Morgan fingerprint density at radius 2 is 2.15 bits per heavy atom. The molecule has 4 aromatic rings. The molecule has 2 aromatic heterocycles. The summed E-state index contributed by atoms with van der Waals surface area (Å²) in [6.07, 6.45) is 1.86. The van der Waals surface area contributed by atoms with Crippen LogP contribution in [0.1, 0.15) is 17.4 Å². The summed E-state index contributed by atoms with van der Waals surface area (Å²) in [6, 6.07) is 14.1. The molecular formula is C20H16N4OS2. The molecule has 27 heavy (non-hydrogen) atoms. The van der Waals surface area contributed by atoms with Gasteiger partial charge >= 0.3 is 0 Å². The average molecular weight is 393 g/mol. The number of nitriles is 1. The first-order chi connectivity index (χ1) is 13.2. The highest BCUT2D eigenvalue weighted by Gasteiger charge is 2.22. The molecule has 1 N–H and O–H groups in total. The Bertz CT molecular complexity index is 1170. The van der Waals surface area contributed by atoms with Crippen molar-refractivity contribution in [1.82, 2.24) is 14.7 Å². The van der Waals surface area contributed by atoms with Crippen LogP contribution < -0.4 is 5.32 Å². The van der Waals surface area contributed by atoms with Gasteiger partial charge in [-0.3, -0.25) is 9.20 Å². The average Bonchev–Trinajstić information content (AvgIpc) is 3.26. The van der Waals surface area contributed by atoms with Crippen LogP contribution in [0.4, 0.5) is 0 Å². The monoisotopic (exact) mass is 392 g/mol. The van der Waals surface area contributed by atoms with Crippen LogP contribution >= 0.6 is 23.1 Å². The SMILES string of the molecule is CC(CSC#N)NC(=O)c1c(-c2ccc3ccccc3c2)nc2sccn12. The van der Waals surface area contributed by atoms with Crippen LogP contribution in [0.15, 0.2) is 54.0 Å². The van der Waals surface area contributed by atoms with Gasteiger partial charge < -0.3 is 5.32 Å². The van der Waals surface area contributed by atoms with E-state index in [9.17, 15) is 4.79 Å². The smallest absolute Gasteiger partial charge is 0.270 e. The number of nitrogens with one attached hydrogen (secondary N) is 1. The minimum absolute atomic E-state index is 0.115. The fourth-order valence-corrected chi connectivity index (χ4v) is 4.16. The number of rotatable bonds is 5. The largest absolute Gasteiger partial charge is 0.347 e. The normalized spacial score (nSPS) is 12.1. The minimum Gasteiger partial charge on any atom is -0.347 e. The summed E-state index contributed by atoms with van der Waals surface area (Å²) < 4.78 is 1.83. The summed E-state index contributed by atoms with van der Waals surface area (Å²) in [5, 5.41) is 17.9. The molecule has 5 nitrogen and oxygen atoms in total. The van der Waals surface area contributed by atoms with E-state index in [1.807, 2.05) is 52.6 Å². The van der Waals surface area contributed by atoms with Gasteiger partial charge in [0.1, 0.15) is 16.8 Å². The highest BCUT2D eigenvalue weighted by atomic mass is 32.2. The van der Waals surface area contributed by atoms with E-state index >= 15 is 0 Å². The lowest BCUT2D eigenvalue weighted by atomic mass is 10.0. The lowest BCUT2D eigenvalue weighted by Crippen LogP contribution is -2.35. The maximum Gasteiger partial charge on any atom is 0.270 e. The molecule has 134 valence electrons. The summed E-state index contributed by atoms with van der Waals surface area (Å²) >= 11 is 2.63. The number of hydrogen-bond donors (Lipinski definition) is 1. The maximum absolute atomic E-state index is 13.0. The van der Waals surface area contributed by atoms with Crippen LogP contribution in [0.3, 0.4) is 0 Å². The number of carbonyl (C=O) groups excluding carboxylic acids is 1. The van der Waals surface area contributed by atoms with Crippen molar-refractivity contribution in [3.8, 4) is 16.7 Å². The number of thiazole rings is 1. The zero-order valence-corrected chi connectivity index (χ0v) is 16.2. The summed E-state index contributed by atoms with van der Waals surface area (Å²) in [5.74, 6) is 0.356. The molecule has 2 aromatic carbocycles. The van der Waals surface area contributed by atoms with Gasteiger partial charge in [-0.15, -0.1) is 11.3 Å². The van der Waals surface area contributed by atoms with E-state index in [0.717, 1.165) is 33.1 Å². The second-order valence-electron chi connectivity index (χ2n) is 6.20. The molecule has 0 radical (unpaired) electrons. The lowest BCUT2D eigenvalue weighted by Gasteiger charge is -2.12. The third-order valence-electron chi connectivity index (χ3n) is 4.28. The number of nitrogens with zero attached hydrogens (tertiary/aromatic N) is 3. The molecule has 2 heterocycles. The highest BCUT2D eigenvalue weighted by molar-refractivity contribution is 8.03. The predicted molar refractivity (Wildman–Crippen MR) is 111 cm³/mol. The van der Waals surface area contributed by atoms with Crippen molar-refractivity contribution >= 4 is 44.7 Å². The van der Waals surface area contributed by atoms with Gasteiger partial charge in [0, 0.05) is 28.9 Å². The first kappa shape index (κ1) is 17.6. The summed E-state index contributed by atoms with van der Waals surface area (Å²) in [4.78, 5) is 18.5. The van der Waals surface area contributed by atoms with E-state index in [2.05, 4.69) is 23.5 Å². The molecule has 0 aliphatic rings. The molecule has 0 fully saturated rings. The number of thiocyanates is 1. The zero-order valence-electron chi connectivity index (χ0n) is 14.5. The molecule has 0 aliphatic carbocycles. The number of carbonyl (C=O) groups is 1. The lowest BCUT2D eigenvalue weighted by molar-refractivity contribution is 0.0938. The van der Waals surface area contributed by atoms with Crippen molar-refractivity contribution in [2.24, 2.45) is 0 Å². The third-order valence-corrected chi connectivity index (χ3v) is 5.83. The van der Waals surface area contributed by atoms with E-state index < -0.39 is 0 Å². The van der Waals surface area contributed by atoms with E-state index in [0.29, 0.717) is 17.1 Å². The first-order valence-electron chi connectivity index (χ1n) is 8.44. The van der Waals surface area contributed by atoms with Gasteiger partial charge in [0.15, 0.2) is 4.96 Å². The fourth-order valence-electron chi connectivity index (χ4n) is 3.04. The number of amides is 1. The molecule has 0 aliphatic heterocycles. The fraction of sp³-hybridized carbons (Fsp3) is 0.150. The van der Waals surface area contributed by atoms with Crippen molar-refractivity contribution in [1.29, 1.82) is 5.26 Å². The van der Waals surface area contributed by atoms with Crippen LogP contribution in [0.5, 0.6) is 0 Å². The van der Waals surface area contributed by atoms with E-state index in [4.69, 9.17) is 10.2 Å². The molecule has 0 bridgehead atoms. The van der Waals surface area contributed by atoms with Crippen LogP contribution in [-0.4, -0.2) is 27.1 Å². The molecule has 0 saturated heterocycles. The Hall–Kier alpha value is -2.82. The zero-order chi connectivity index (χ0) is 18.8. The Labute approximate surface area is 164 Å². The Balaban J connectivity index is 1.76. The second-order valence-corrected chi connectivity index (χ2v) is 7.88. The number of aromatic nitrogens is 2. The van der Waals surface area contributed by atoms with Crippen LogP contribution in [0, 0.1) is 10.7 Å². The summed E-state index contributed by atoms with van der Waals surface area (Å²) in [6.45, 7) is 1.89. The van der Waals surface area contributed by atoms with Gasteiger partial charge in [0.05, 0.1) is 0 Å². The van der Waals surface area contributed by atoms with E-state index in [-0.39, 0.29) is 11.9 Å². The third kappa shape index (κ3) is 3.42. The number of thioether (sulfide) groups is 1. The van der Waals surface area contributed by atoms with Crippen molar-refractivity contribution < 1.29 is 4.79 Å². The molecule has 1 amide bonds. The minimum atomic E-state index is -0.185. The highest BCUT2D eigenvalue weighted by Crippen LogP contribution is 2.29. The van der Waals surface area contributed by atoms with Gasteiger partial charge in [-0.25, -0.2) is 4.98 Å². The van der Waals surface area contributed by atoms with Gasteiger partial charge in [-0.1, -0.05) is 36.4 Å². The van der Waals surface area contributed by atoms with E-state index in [1.165, 1.54) is 11.3 Å². The topological polar surface area (TPSA) is 70.2 Å². The van der Waals surface area contributed by atoms with Crippen molar-refractivity contribution in [3.63, 3.8) is 0 Å². The van der Waals surface area contributed by atoms with E-state index in [1.54, 1.807) is 0 Å². The Morgan fingerprint density at radius 1 is 1.33 bits per heavy atom. The molecule has 0 saturated carbocycles. The predicted octanol–water partition coefficient (Wildman–Crippen LogP) is 4.55. The van der Waals surface area contributed by atoms with Crippen LogP contribution in [-0.2, 0) is 0 Å². The first-order valence-corrected chi connectivity index (χ1v) is 10.3. The summed E-state index contributed by atoms with van der Waals surface area (Å²) in [5.41, 5.74) is 2.11. The van der Waals surface area contributed by atoms with Crippen LogP contribution in [0.25, 0.3) is 27.0 Å².